The van der Waals surface area contributed by atoms with Crippen molar-refractivity contribution in [2.75, 3.05) is 18.9 Å². The second-order valence-corrected chi connectivity index (χ2v) is 7.10. The standard InChI is InChI=1S/C22H21FN6O2.H2/c1-4-14-12(2)15-9-13(23)5-6-18(15)30-7-8-31-22-19(17(10-24)29(3)28-22)16-11-26-21(25)20(14)27-16;/h4-6,9,11-12H,7-8H2,1-3H3,(H2,25,26);1H/b14-4-;/t12-;/m0./s1. The Kier molecular flexibility index (Phi) is 5.29. The van der Waals surface area contributed by atoms with Gasteiger partial charge in [-0.2, -0.15) is 5.26 Å². The lowest BCUT2D eigenvalue weighted by atomic mass is 9.89. The van der Waals surface area contributed by atoms with Gasteiger partial charge in [0.1, 0.15) is 47.9 Å². The summed E-state index contributed by atoms with van der Waals surface area (Å²) < 4.78 is 27.2. The number of benzene rings is 1. The van der Waals surface area contributed by atoms with Crippen molar-refractivity contribution in [2.45, 2.75) is 19.8 Å². The maximum absolute atomic E-state index is 14.1. The summed E-state index contributed by atoms with van der Waals surface area (Å²) in [7, 11) is 1.66. The number of fused-ring (bicyclic) bond motifs is 5. The predicted molar refractivity (Wildman–Crippen MR) is 115 cm³/mol. The molecule has 31 heavy (non-hydrogen) atoms. The number of nitrogens with two attached hydrogens (primary N) is 1. The van der Waals surface area contributed by atoms with Crippen LogP contribution in [0.4, 0.5) is 10.2 Å². The van der Waals surface area contributed by atoms with Crippen LogP contribution >= 0.6 is 0 Å². The number of allylic oxidation sites excluding steroid dienone is 2. The van der Waals surface area contributed by atoms with Gasteiger partial charge in [0.25, 0.3) is 0 Å². The van der Waals surface area contributed by atoms with Crippen LogP contribution in [0.3, 0.4) is 0 Å². The van der Waals surface area contributed by atoms with Crippen LogP contribution in [0.5, 0.6) is 11.6 Å². The fourth-order valence-electron chi connectivity index (χ4n) is 3.73. The summed E-state index contributed by atoms with van der Waals surface area (Å²) in [5.41, 5.74) is 9.18. The summed E-state index contributed by atoms with van der Waals surface area (Å²) in [4.78, 5) is 9.03. The molecule has 160 valence electrons. The van der Waals surface area contributed by atoms with Crippen molar-refractivity contribution in [2.24, 2.45) is 7.05 Å². The van der Waals surface area contributed by atoms with Gasteiger partial charge in [-0.25, -0.2) is 14.4 Å². The first-order valence-electron chi connectivity index (χ1n) is 9.76. The molecule has 0 radical (unpaired) electrons. The van der Waals surface area contributed by atoms with Crippen molar-refractivity contribution >= 4 is 11.4 Å². The van der Waals surface area contributed by atoms with E-state index in [0.717, 1.165) is 5.57 Å². The van der Waals surface area contributed by atoms with E-state index < -0.39 is 0 Å². The fraction of sp³-hybridized carbons (Fsp3) is 0.273. The van der Waals surface area contributed by atoms with Gasteiger partial charge >= 0.3 is 0 Å². The fourth-order valence-corrected chi connectivity index (χ4v) is 3.73. The van der Waals surface area contributed by atoms with E-state index in [1.165, 1.54) is 23.0 Å². The summed E-state index contributed by atoms with van der Waals surface area (Å²) in [6.07, 6.45) is 3.36. The number of aromatic nitrogens is 4. The lowest BCUT2D eigenvalue weighted by molar-refractivity contribution is 0.210. The van der Waals surface area contributed by atoms with Crippen LogP contribution in [-0.4, -0.2) is 33.0 Å². The molecule has 2 N–H and O–H groups in total. The largest absolute Gasteiger partial charge is 0.490 e. The number of ether oxygens (including phenoxy) is 2. The molecule has 9 heteroatoms. The van der Waals surface area contributed by atoms with E-state index in [2.05, 4.69) is 16.2 Å². The molecule has 3 heterocycles. The molecule has 0 saturated carbocycles. The first kappa shape index (κ1) is 20.3. The van der Waals surface area contributed by atoms with E-state index in [4.69, 9.17) is 20.2 Å². The van der Waals surface area contributed by atoms with Crippen LogP contribution in [0, 0.1) is 17.1 Å². The summed E-state index contributed by atoms with van der Waals surface area (Å²) >= 11 is 0. The second kappa shape index (κ2) is 8.07. The van der Waals surface area contributed by atoms with E-state index >= 15 is 0 Å². The molecule has 8 nitrogen and oxygen atoms in total. The minimum atomic E-state index is -0.367. The number of rotatable bonds is 0. The molecule has 1 aliphatic rings. The van der Waals surface area contributed by atoms with Crippen LogP contribution in [-0.2, 0) is 7.05 Å². The Labute approximate surface area is 180 Å². The van der Waals surface area contributed by atoms with Crippen molar-refractivity contribution in [1.29, 1.82) is 5.26 Å². The van der Waals surface area contributed by atoms with Crippen molar-refractivity contribution in [3.63, 3.8) is 0 Å². The zero-order valence-electron chi connectivity index (χ0n) is 17.4. The molecular weight excluding hydrogens is 399 g/mol. The third kappa shape index (κ3) is 3.57. The van der Waals surface area contributed by atoms with Gasteiger partial charge in [0.2, 0.25) is 5.88 Å². The minimum absolute atomic E-state index is 0. The van der Waals surface area contributed by atoms with Crippen LogP contribution in [0.1, 0.15) is 38.1 Å². The molecule has 1 atom stereocenters. The van der Waals surface area contributed by atoms with Gasteiger partial charge < -0.3 is 15.2 Å². The van der Waals surface area contributed by atoms with Gasteiger partial charge in [-0.1, -0.05) is 13.0 Å². The Balaban J connectivity index is 0.00000289. The molecule has 1 aliphatic heterocycles. The number of anilines is 1. The first-order chi connectivity index (χ1) is 14.9. The molecule has 0 aliphatic carbocycles. The zero-order valence-corrected chi connectivity index (χ0v) is 17.4. The predicted octanol–water partition coefficient (Wildman–Crippen LogP) is 3.69. The number of nitrogens with zero attached hydrogens (tertiary/aromatic N) is 5. The lowest BCUT2D eigenvalue weighted by Gasteiger charge is -2.20. The Bertz CT molecular complexity index is 1230. The van der Waals surface area contributed by atoms with E-state index in [0.29, 0.717) is 28.3 Å². The maximum Gasteiger partial charge on any atom is 0.243 e. The maximum atomic E-state index is 14.1. The topological polar surface area (TPSA) is 112 Å². The molecule has 0 unspecified atom stereocenters. The molecule has 0 fully saturated rings. The van der Waals surface area contributed by atoms with Crippen molar-refractivity contribution < 1.29 is 15.3 Å². The number of aryl methyl sites for hydroxylation is 1. The van der Waals surface area contributed by atoms with E-state index in [1.54, 1.807) is 13.1 Å². The van der Waals surface area contributed by atoms with Gasteiger partial charge in [0, 0.05) is 20.0 Å². The Morgan fingerprint density at radius 2 is 2.13 bits per heavy atom. The highest BCUT2D eigenvalue weighted by Crippen LogP contribution is 2.40. The SMILES string of the molecule is C/C=C1\c2nc(cnc2N)-c2c(nn(C)c2C#N)OCCOc2ccc(F)cc2[C@H]1C.[HH]. The van der Waals surface area contributed by atoms with E-state index in [-0.39, 0.29) is 43.8 Å². The van der Waals surface area contributed by atoms with Crippen LogP contribution < -0.4 is 15.2 Å². The lowest BCUT2D eigenvalue weighted by Crippen LogP contribution is -2.11. The number of nitriles is 1. The van der Waals surface area contributed by atoms with Gasteiger partial charge in [-0.15, -0.1) is 5.10 Å². The minimum Gasteiger partial charge on any atom is -0.490 e. The third-order valence-electron chi connectivity index (χ3n) is 5.25. The van der Waals surface area contributed by atoms with Crippen LogP contribution in [0.25, 0.3) is 16.8 Å². The monoisotopic (exact) mass is 422 g/mol. The zero-order chi connectivity index (χ0) is 22.1. The Morgan fingerprint density at radius 3 is 2.87 bits per heavy atom. The molecular formula is C22H23FN6O2. The highest BCUT2D eigenvalue weighted by atomic mass is 19.1. The van der Waals surface area contributed by atoms with Gasteiger partial charge in [0.15, 0.2) is 5.69 Å². The normalized spacial score (nSPS) is 17.1. The summed E-state index contributed by atoms with van der Waals surface area (Å²) in [5.74, 6) is 0.364. The smallest absolute Gasteiger partial charge is 0.243 e. The first-order valence-corrected chi connectivity index (χ1v) is 9.76. The van der Waals surface area contributed by atoms with E-state index in [1.807, 2.05) is 19.9 Å². The average Bonchev–Trinajstić information content (AvgIpc) is 3.08. The summed E-state index contributed by atoms with van der Waals surface area (Å²) in [6.45, 7) is 4.17. The highest BCUT2D eigenvalue weighted by molar-refractivity contribution is 5.79. The van der Waals surface area contributed by atoms with Gasteiger partial charge in [-0.05, 0) is 30.7 Å². The number of nitrogen functional groups attached to an aromatic ring is 1. The molecule has 3 aromatic rings. The van der Waals surface area contributed by atoms with Gasteiger partial charge in [-0.3, -0.25) is 4.68 Å². The molecule has 1 aromatic carbocycles. The third-order valence-corrected chi connectivity index (χ3v) is 5.25. The Hall–Kier alpha value is -3.93. The summed E-state index contributed by atoms with van der Waals surface area (Å²) in [5, 5.41) is 14.0. The molecule has 2 aromatic heterocycles. The molecule has 4 rings (SSSR count). The van der Waals surface area contributed by atoms with Crippen molar-refractivity contribution in [1.82, 2.24) is 19.7 Å². The quantitative estimate of drug-likeness (QED) is 0.588. The number of halogens is 1. The van der Waals surface area contributed by atoms with Gasteiger partial charge in [0.05, 0.1) is 11.9 Å². The Morgan fingerprint density at radius 1 is 1.35 bits per heavy atom. The average molecular weight is 422 g/mol. The van der Waals surface area contributed by atoms with Crippen LogP contribution in [0.15, 0.2) is 30.5 Å². The van der Waals surface area contributed by atoms with Crippen molar-refractivity contribution in [3.05, 3.63) is 53.2 Å². The van der Waals surface area contributed by atoms with E-state index in [9.17, 15) is 9.65 Å². The molecule has 2 bridgehead atoms. The summed E-state index contributed by atoms with van der Waals surface area (Å²) in [6, 6.07) is 6.53. The second-order valence-electron chi connectivity index (χ2n) is 7.10. The number of hydrogen-bond donors (Lipinski definition) is 1. The number of hydrogen-bond acceptors (Lipinski definition) is 7. The van der Waals surface area contributed by atoms with Crippen LogP contribution in [0.2, 0.25) is 0 Å². The van der Waals surface area contributed by atoms with Crippen molar-refractivity contribution in [3.8, 4) is 29.0 Å². The highest BCUT2D eigenvalue weighted by Gasteiger charge is 2.26. The molecule has 0 amide bonds. The molecule has 0 spiro atoms. The molecule has 0 saturated heterocycles.